The van der Waals surface area contributed by atoms with E-state index in [1.165, 1.54) is 19.3 Å². The zero-order valence-corrected chi connectivity index (χ0v) is 17.9. The van der Waals surface area contributed by atoms with Gasteiger partial charge in [-0.25, -0.2) is 0 Å². The lowest BCUT2D eigenvalue weighted by Crippen LogP contribution is -2.58. The third kappa shape index (κ3) is 6.07. The predicted octanol–water partition coefficient (Wildman–Crippen LogP) is 4.40. The topological polar surface area (TPSA) is 40.2 Å². The first kappa shape index (κ1) is 22.1. The molecule has 1 aliphatic heterocycles. The molecule has 0 N–H and O–H groups in total. The lowest BCUT2D eigenvalue weighted by atomic mass is 9.82. The Morgan fingerprint density at radius 2 is 1.29 bits per heavy atom. The van der Waals surface area contributed by atoms with Crippen LogP contribution in [0.5, 0.6) is 0 Å². The zero-order chi connectivity index (χ0) is 18.3. The van der Waals surface area contributed by atoms with Crippen molar-refractivity contribution in [3.63, 3.8) is 0 Å². The average molecular weight is 362 g/mol. The van der Waals surface area contributed by atoms with Gasteiger partial charge in [0.25, 0.3) is 0 Å². The highest BCUT2D eigenvalue weighted by Gasteiger charge is 2.43. The van der Waals surface area contributed by atoms with Crippen LogP contribution in [0.15, 0.2) is 0 Å². The van der Waals surface area contributed by atoms with Crippen LogP contribution in [-0.2, 0) is 18.1 Å². The molecule has 0 radical (unpaired) electrons. The Morgan fingerprint density at radius 1 is 0.833 bits per heavy atom. The second-order valence-electron chi connectivity index (χ2n) is 7.69. The first-order valence-corrected chi connectivity index (χ1v) is 11.5. The van der Waals surface area contributed by atoms with Crippen LogP contribution in [0.3, 0.4) is 0 Å². The highest BCUT2D eigenvalue weighted by atomic mass is 28.4. The zero-order valence-electron chi connectivity index (χ0n) is 16.9. The lowest BCUT2D eigenvalue weighted by Gasteiger charge is -2.51. The highest BCUT2D eigenvalue weighted by molar-refractivity contribution is 6.60. The van der Waals surface area contributed by atoms with Crippen molar-refractivity contribution >= 4 is 8.80 Å². The summed E-state index contributed by atoms with van der Waals surface area (Å²) in [7, 11) is -2.55. The quantitative estimate of drug-likeness (QED) is 0.403. The molecule has 1 aliphatic rings. The molecule has 0 saturated carbocycles. The van der Waals surface area contributed by atoms with Crippen molar-refractivity contribution in [3.8, 4) is 0 Å². The second kappa shape index (κ2) is 9.64. The standard InChI is InChI=1S/C18H39NO4Si/c1-8-21-24(22-9-2,23-10-3)16-12-15-20-19-17(4,5)13-11-14-18(19,6)7/h8-16H2,1-7H3. The van der Waals surface area contributed by atoms with Gasteiger partial charge in [-0.15, -0.1) is 0 Å². The van der Waals surface area contributed by atoms with E-state index in [9.17, 15) is 0 Å². The number of rotatable bonds is 11. The van der Waals surface area contributed by atoms with Crippen molar-refractivity contribution in [1.82, 2.24) is 5.06 Å². The fourth-order valence-corrected chi connectivity index (χ4v) is 6.35. The van der Waals surface area contributed by atoms with Gasteiger partial charge in [0.1, 0.15) is 0 Å². The van der Waals surface area contributed by atoms with E-state index in [1.54, 1.807) is 0 Å². The van der Waals surface area contributed by atoms with E-state index in [-0.39, 0.29) is 11.1 Å². The molecule has 5 nitrogen and oxygen atoms in total. The van der Waals surface area contributed by atoms with Gasteiger partial charge in [0.05, 0.1) is 6.61 Å². The summed E-state index contributed by atoms with van der Waals surface area (Å²) < 4.78 is 17.7. The van der Waals surface area contributed by atoms with Gasteiger partial charge in [-0.3, -0.25) is 4.84 Å². The molecule has 0 atom stereocenters. The highest BCUT2D eigenvalue weighted by Crippen LogP contribution is 2.38. The average Bonchev–Trinajstić information content (AvgIpc) is 2.45. The van der Waals surface area contributed by atoms with Gasteiger partial charge in [-0.1, -0.05) is 0 Å². The summed E-state index contributed by atoms with van der Waals surface area (Å²) in [6.45, 7) is 17.6. The predicted molar refractivity (Wildman–Crippen MR) is 99.9 cm³/mol. The smallest absolute Gasteiger partial charge is 0.374 e. The first-order valence-electron chi connectivity index (χ1n) is 9.58. The number of hydrogen-bond donors (Lipinski definition) is 0. The summed E-state index contributed by atoms with van der Waals surface area (Å²) in [6.07, 6.45) is 4.49. The van der Waals surface area contributed by atoms with E-state index in [2.05, 4.69) is 32.8 Å². The number of hydroxylamine groups is 2. The molecule has 6 heteroatoms. The van der Waals surface area contributed by atoms with Crippen molar-refractivity contribution in [2.45, 2.75) is 91.3 Å². The van der Waals surface area contributed by atoms with Crippen molar-refractivity contribution in [2.24, 2.45) is 0 Å². The molecule has 0 spiro atoms. The summed E-state index contributed by atoms with van der Waals surface area (Å²) in [4.78, 5) is 6.23. The molecule has 0 unspecified atom stereocenters. The van der Waals surface area contributed by atoms with Crippen LogP contribution in [0.25, 0.3) is 0 Å². The van der Waals surface area contributed by atoms with Crippen molar-refractivity contribution in [3.05, 3.63) is 0 Å². The first-order chi connectivity index (χ1) is 11.2. The Labute approximate surface area is 150 Å². The van der Waals surface area contributed by atoms with Crippen LogP contribution in [0.4, 0.5) is 0 Å². The monoisotopic (exact) mass is 361 g/mol. The van der Waals surface area contributed by atoms with E-state index < -0.39 is 8.80 Å². The molecule has 24 heavy (non-hydrogen) atoms. The van der Waals surface area contributed by atoms with Gasteiger partial charge >= 0.3 is 8.80 Å². The molecule has 1 fully saturated rings. The Kier molecular flexibility index (Phi) is 8.86. The Hall–Kier alpha value is 0.0169. The minimum absolute atomic E-state index is 0.0794. The van der Waals surface area contributed by atoms with Gasteiger partial charge in [0.2, 0.25) is 0 Å². The van der Waals surface area contributed by atoms with Gasteiger partial charge in [0.15, 0.2) is 0 Å². The second-order valence-corrected chi connectivity index (χ2v) is 10.4. The van der Waals surface area contributed by atoms with Crippen molar-refractivity contribution in [2.75, 3.05) is 26.4 Å². The van der Waals surface area contributed by atoms with Crippen LogP contribution < -0.4 is 0 Å². The lowest BCUT2D eigenvalue weighted by molar-refractivity contribution is -0.280. The van der Waals surface area contributed by atoms with Gasteiger partial charge in [0, 0.05) is 36.9 Å². The minimum atomic E-state index is -2.55. The van der Waals surface area contributed by atoms with E-state index in [4.69, 9.17) is 18.1 Å². The molecule has 144 valence electrons. The summed E-state index contributed by atoms with van der Waals surface area (Å²) in [5.74, 6) is 0. The molecular weight excluding hydrogens is 322 g/mol. The molecular formula is C18H39NO4Si. The molecule has 0 amide bonds. The molecule has 0 bridgehead atoms. The maximum Gasteiger partial charge on any atom is 0.501 e. The maximum absolute atomic E-state index is 6.23. The summed E-state index contributed by atoms with van der Waals surface area (Å²) >= 11 is 0. The third-order valence-electron chi connectivity index (χ3n) is 4.62. The summed E-state index contributed by atoms with van der Waals surface area (Å²) in [5, 5.41) is 2.22. The van der Waals surface area contributed by atoms with E-state index in [0.29, 0.717) is 26.4 Å². The normalized spacial score (nSPS) is 21.1. The molecule has 0 aromatic heterocycles. The van der Waals surface area contributed by atoms with Crippen LogP contribution in [0.1, 0.15) is 74.1 Å². The fourth-order valence-electron chi connectivity index (χ4n) is 3.77. The molecule has 0 aromatic carbocycles. The molecule has 1 rings (SSSR count). The van der Waals surface area contributed by atoms with Gasteiger partial charge in [-0.2, -0.15) is 5.06 Å². The van der Waals surface area contributed by atoms with E-state index in [0.717, 1.165) is 12.5 Å². The van der Waals surface area contributed by atoms with Crippen molar-refractivity contribution < 1.29 is 18.1 Å². The number of piperidine rings is 1. The molecule has 0 aliphatic carbocycles. The Balaban J connectivity index is 2.57. The van der Waals surface area contributed by atoms with Gasteiger partial charge < -0.3 is 13.3 Å². The van der Waals surface area contributed by atoms with Crippen LogP contribution in [0.2, 0.25) is 6.04 Å². The van der Waals surface area contributed by atoms with Crippen LogP contribution in [-0.4, -0.2) is 51.4 Å². The summed E-state index contributed by atoms with van der Waals surface area (Å²) in [5.41, 5.74) is 0.159. The SMILES string of the molecule is CCO[Si](CCCON1C(C)(C)CCCC1(C)C)(OCC)OCC. The van der Waals surface area contributed by atoms with E-state index in [1.807, 2.05) is 20.8 Å². The Morgan fingerprint density at radius 3 is 1.71 bits per heavy atom. The molecule has 1 saturated heterocycles. The minimum Gasteiger partial charge on any atom is -0.374 e. The maximum atomic E-state index is 6.23. The van der Waals surface area contributed by atoms with E-state index >= 15 is 0 Å². The van der Waals surface area contributed by atoms with Crippen LogP contribution in [0, 0.1) is 0 Å². The van der Waals surface area contributed by atoms with Gasteiger partial charge in [-0.05, 0) is 74.1 Å². The van der Waals surface area contributed by atoms with Crippen molar-refractivity contribution in [1.29, 1.82) is 0 Å². The summed E-state index contributed by atoms with van der Waals surface area (Å²) in [6, 6.07) is 0.803. The number of hydrogen-bond acceptors (Lipinski definition) is 5. The van der Waals surface area contributed by atoms with Crippen LogP contribution >= 0.6 is 0 Å². The fraction of sp³-hybridized carbons (Fsp3) is 1.00. The Bertz CT molecular complexity index is 330. The molecule has 1 heterocycles. The largest absolute Gasteiger partial charge is 0.501 e. The third-order valence-corrected chi connectivity index (χ3v) is 7.77. The molecule has 0 aromatic rings. The number of nitrogens with zero attached hydrogens (tertiary/aromatic N) is 1.